The van der Waals surface area contributed by atoms with Gasteiger partial charge in [0.2, 0.25) is 5.82 Å². The predicted molar refractivity (Wildman–Crippen MR) is 123 cm³/mol. The monoisotopic (exact) mass is 536 g/mol. The van der Waals surface area contributed by atoms with Gasteiger partial charge < -0.3 is 20.3 Å². The number of nitrogens with zero attached hydrogens (tertiary/aromatic N) is 1. The molecule has 0 aliphatic heterocycles. The quantitative estimate of drug-likeness (QED) is 0.245. The first-order chi connectivity index (χ1) is 16.3. The van der Waals surface area contributed by atoms with Crippen LogP contribution in [0.5, 0.6) is 0 Å². The Morgan fingerprint density at radius 1 is 1.12 bits per heavy atom. The van der Waals surface area contributed by atoms with E-state index in [0.29, 0.717) is 10.0 Å². The number of carbonyl (C=O) groups is 2. The maximum Gasteiger partial charge on any atom is 0.404 e. The number of aromatic nitrogens is 1. The summed E-state index contributed by atoms with van der Waals surface area (Å²) in [7, 11) is 0. The summed E-state index contributed by atoms with van der Waals surface area (Å²) in [4.78, 5) is 40.8. The van der Waals surface area contributed by atoms with E-state index in [9.17, 15) is 18.8 Å². The molecule has 0 fully saturated rings. The van der Waals surface area contributed by atoms with E-state index in [0.717, 1.165) is 16.8 Å². The minimum atomic E-state index is -1.29. The van der Waals surface area contributed by atoms with Gasteiger partial charge in [-0.1, -0.05) is 46.3 Å². The third-order valence-electron chi connectivity index (χ3n) is 4.50. The molecule has 0 bridgehead atoms. The average molecular weight is 537 g/mol. The van der Waals surface area contributed by atoms with Crippen LogP contribution in [-0.4, -0.2) is 34.8 Å². The molecule has 0 spiro atoms. The zero-order valence-electron chi connectivity index (χ0n) is 17.5. The number of carbonyl (C=O) groups excluding carboxylic acids is 1. The van der Waals surface area contributed by atoms with Gasteiger partial charge >= 0.3 is 6.09 Å². The van der Waals surface area contributed by atoms with Crippen molar-refractivity contribution in [1.82, 2.24) is 15.4 Å². The van der Waals surface area contributed by atoms with E-state index < -0.39 is 34.9 Å². The SMILES string of the molecule is O=C(O)NCCONC(=O)c1cn(Cc2ccccc2)c(=O)c(F)c1Nc1ccc(Br)cc1F. The van der Waals surface area contributed by atoms with Crippen molar-refractivity contribution in [3.8, 4) is 0 Å². The minimum Gasteiger partial charge on any atom is -0.465 e. The van der Waals surface area contributed by atoms with Crippen LogP contribution in [0.3, 0.4) is 0 Å². The molecule has 0 atom stereocenters. The molecular weight excluding hydrogens is 518 g/mol. The van der Waals surface area contributed by atoms with Gasteiger partial charge in [-0.3, -0.25) is 14.4 Å². The second kappa shape index (κ2) is 11.4. The Bertz CT molecular complexity index is 1250. The van der Waals surface area contributed by atoms with Gasteiger partial charge in [0.15, 0.2) is 0 Å². The van der Waals surface area contributed by atoms with Crippen LogP contribution >= 0.6 is 15.9 Å². The van der Waals surface area contributed by atoms with Gasteiger partial charge in [-0.05, 0) is 23.8 Å². The summed E-state index contributed by atoms with van der Waals surface area (Å²) in [5, 5.41) is 13.1. The molecule has 1 aromatic heterocycles. The lowest BCUT2D eigenvalue weighted by atomic mass is 10.1. The summed E-state index contributed by atoms with van der Waals surface area (Å²) in [6.45, 7) is -0.353. The molecule has 3 aromatic rings. The van der Waals surface area contributed by atoms with Gasteiger partial charge in [0.25, 0.3) is 11.5 Å². The van der Waals surface area contributed by atoms with Crippen LogP contribution in [0, 0.1) is 11.6 Å². The molecule has 1 heterocycles. The molecular formula is C22H19BrF2N4O5. The number of benzene rings is 2. The fourth-order valence-corrected chi connectivity index (χ4v) is 3.26. The number of hydrogen-bond donors (Lipinski definition) is 4. The van der Waals surface area contributed by atoms with E-state index in [4.69, 9.17) is 9.94 Å². The first-order valence-electron chi connectivity index (χ1n) is 9.84. The van der Waals surface area contributed by atoms with Gasteiger partial charge in [-0.15, -0.1) is 0 Å². The Labute approximate surface area is 200 Å². The van der Waals surface area contributed by atoms with Crippen LogP contribution in [0.2, 0.25) is 0 Å². The Hall–Kier alpha value is -3.77. The van der Waals surface area contributed by atoms with Crippen molar-refractivity contribution in [3.63, 3.8) is 0 Å². The van der Waals surface area contributed by atoms with Crippen LogP contribution in [0.15, 0.2) is 64.0 Å². The Morgan fingerprint density at radius 3 is 2.53 bits per heavy atom. The fourth-order valence-electron chi connectivity index (χ4n) is 2.93. The molecule has 9 nitrogen and oxygen atoms in total. The summed E-state index contributed by atoms with van der Waals surface area (Å²) in [6.07, 6.45) is -0.140. The maximum atomic E-state index is 15.2. The predicted octanol–water partition coefficient (Wildman–Crippen LogP) is 3.61. The molecule has 0 saturated carbocycles. The third-order valence-corrected chi connectivity index (χ3v) is 4.99. The van der Waals surface area contributed by atoms with E-state index >= 15 is 4.39 Å². The number of carboxylic acid groups (broad SMARTS) is 1. The summed E-state index contributed by atoms with van der Waals surface area (Å²) in [5.74, 6) is -2.97. The molecule has 0 aliphatic rings. The second-order valence-electron chi connectivity index (χ2n) is 6.91. The lowest BCUT2D eigenvalue weighted by Gasteiger charge is -2.16. The van der Waals surface area contributed by atoms with Crippen molar-refractivity contribution in [1.29, 1.82) is 0 Å². The van der Waals surface area contributed by atoms with Crippen LogP contribution in [0.4, 0.5) is 25.0 Å². The fraction of sp³-hybridized carbons (Fsp3) is 0.136. The van der Waals surface area contributed by atoms with Crippen LogP contribution in [-0.2, 0) is 11.4 Å². The molecule has 0 unspecified atom stereocenters. The number of nitrogens with one attached hydrogen (secondary N) is 3. The molecule has 2 amide bonds. The van der Waals surface area contributed by atoms with E-state index in [1.165, 1.54) is 12.1 Å². The summed E-state index contributed by atoms with van der Waals surface area (Å²) < 4.78 is 31.0. The van der Waals surface area contributed by atoms with E-state index in [1.807, 2.05) is 5.32 Å². The Kier molecular flexibility index (Phi) is 8.33. The van der Waals surface area contributed by atoms with Gasteiger partial charge in [0.1, 0.15) is 5.82 Å². The Morgan fingerprint density at radius 2 is 1.85 bits per heavy atom. The highest BCUT2D eigenvalue weighted by molar-refractivity contribution is 9.10. The van der Waals surface area contributed by atoms with Crippen LogP contribution in [0.25, 0.3) is 0 Å². The number of amides is 2. The minimum absolute atomic E-state index is 0.0206. The molecule has 0 aliphatic carbocycles. The van der Waals surface area contributed by atoms with Crippen molar-refractivity contribution in [2.75, 3.05) is 18.5 Å². The number of hydrogen-bond acceptors (Lipinski definition) is 5. The molecule has 178 valence electrons. The third kappa shape index (κ3) is 6.39. The van der Waals surface area contributed by atoms with Gasteiger partial charge in [0, 0.05) is 17.2 Å². The smallest absolute Gasteiger partial charge is 0.404 e. The van der Waals surface area contributed by atoms with Crippen molar-refractivity contribution >= 4 is 39.3 Å². The number of rotatable bonds is 9. The molecule has 2 aromatic carbocycles. The first kappa shape index (κ1) is 24.9. The number of pyridine rings is 1. The second-order valence-corrected chi connectivity index (χ2v) is 7.83. The number of halogens is 3. The van der Waals surface area contributed by atoms with Gasteiger partial charge in [-0.2, -0.15) is 4.39 Å². The summed E-state index contributed by atoms with van der Waals surface area (Å²) in [6, 6.07) is 12.7. The van der Waals surface area contributed by atoms with Gasteiger partial charge in [-0.25, -0.2) is 14.7 Å². The standard InChI is InChI=1S/C22H19BrF2N4O5/c23-14-6-7-17(16(24)10-14)27-19-15(20(30)28-34-9-8-26-22(32)33)12-29(21(31)18(19)25)11-13-4-2-1-3-5-13/h1-7,10,12,26-27H,8-9,11H2,(H,28,30)(H,32,33). The largest absolute Gasteiger partial charge is 0.465 e. The van der Waals surface area contributed by atoms with E-state index in [-0.39, 0.29) is 30.9 Å². The topological polar surface area (TPSA) is 122 Å². The van der Waals surface area contributed by atoms with Crippen molar-refractivity contribution in [2.24, 2.45) is 0 Å². The van der Waals surface area contributed by atoms with E-state index in [2.05, 4.69) is 26.7 Å². The lowest BCUT2D eigenvalue weighted by molar-refractivity contribution is 0.0326. The Balaban J connectivity index is 1.95. The highest BCUT2D eigenvalue weighted by Crippen LogP contribution is 2.26. The molecule has 0 saturated heterocycles. The van der Waals surface area contributed by atoms with Crippen molar-refractivity contribution in [2.45, 2.75) is 6.54 Å². The number of anilines is 2. The molecule has 34 heavy (non-hydrogen) atoms. The zero-order valence-corrected chi connectivity index (χ0v) is 19.1. The zero-order chi connectivity index (χ0) is 24.7. The first-order valence-corrected chi connectivity index (χ1v) is 10.6. The molecule has 3 rings (SSSR count). The molecule has 4 N–H and O–H groups in total. The summed E-state index contributed by atoms with van der Waals surface area (Å²) >= 11 is 3.12. The lowest BCUT2D eigenvalue weighted by Crippen LogP contribution is -2.33. The van der Waals surface area contributed by atoms with Crippen LogP contribution < -0.4 is 21.7 Å². The van der Waals surface area contributed by atoms with Crippen LogP contribution in [0.1, 0.15) is 15.9 Å². The average Bonchev–Trinajstić information content (AvgIpc) is 2.80. The highest BCUT2D eigenvalue weighted by Gasteiger charge is 2.22. The summed E-state index contributed by atoms with van der Waals surface area (Å²) in [5.41, 5.74) is 0.693. The van der Waals surface area contributed by atoms with Gasteiger partial charge in [0.05, 0.1) is 30.1 Å². The normalized spacial score (nSPS) is 10.6. The maximum absolute atomic E-state index is 15.2. The van der Waals surface area contributed by atoms with E-state index in [1.54, 1.807) is 30.3 Å². The highest BCUT2D eigenvalue weighted by atomic mass is 79.9. The number of hydroxylamine groups is 1. The van der Waals surface area contributed by atoms with Crippen molar-refractivity contribution < 1.29 is 28.3 Å². The molecule has 12 heteroatoms. The van der Waals surface area contributed by atoms with Crippen molar-refractivity contribution in [3.05, 3.63) is 92.3 Å². The molecule has 0 radical (unpaired) electrons.